The first-order valence-corrected chi connectivity index (χ1v) is 18.8. The second kappa shape index (κ2) is 12.6. The van der Waals surface area contributed by atoms with Crippen molar-refractivity contribution in [2.24, 2.45) is 0 Å². The molecule has 11 aromatic rings. The molecule has 3 heteroatoms. The summed E-state index contributed by atoms with van der Waals surface area (Å²) in [6.07, 6.45) is 0. The molecule has 0 N–H and O–H groups in total. The van der Waals surface area contributed by atoms with Crippen molar-refractivity contribution in [2.45, 2.75) is 0 Å². The number of hydrogen-bond donors (Lipinski definition) is 0. The van der Waals surface area contributed by atoms with Gasteiger partial charge < -0.3 is 13.9 Å². The van der Waals surface area contributed by atoms with Gasteiger partial charge in [-0.05, 0) is 88.8 Å². The van der Waals surface area contributed by atoms with Gasteiger partial charge in [0.2, 0.25) is 0 Å². The molecule has 0 radical (unpaired) electrons. The normalized spacial score (nSPS) is 11.6. The molecular formula is C52H34N2O. The molecule has 0 saturated carbocycles. The van der Waals surface area contributed by atoms with Crippen molar-refractivity contribution >= 4 is 71.6 Å². The van der Waals surface area contributed by atoms with Gasteiger partial charge in [0.1, 0.15) is 11.2 Å². The van der Waals surface area contributed by atoms with E-state index in [0.717, 1.165) is 55.8 Å². The molecule has 2 heterocycles. The van der Waals surface area contributed by atoms with Crippen molar-refractivity contribution in [1.29, 1.82) is 0 Å². The van der Waals surface area contributed by atoms with Gasteiger partial charge in [-0.3, -0.25) is 0 Å². The lowest BCUT2D eigenvalue weighted by Gasteiger charge is -2.29. The Hall–Kier alpha value is -7.36. The minimum absolute atomic E-state index is 0.895. The van der Waals surface area contributed by atoms with Crippen LogP contribution in [0.3, 0.4) is 0 Å². The van der Waals surface area contributed by atoms with Gasteiger partial charge in [-0.2, -0.15) is 0 Å². The zero-order chi connectivity index (χ0) is 36.3. The zero-order valence-corrected chi connectivity index (χ0v) is 29.9. The molecule has 0 spiro atoms. The first-order valence-electron chi connectivity index (χ1n) is 18.8. The van der Waals surface area contributed by atoms with Crippen LogP contribution in [0.25, 0.3) is 82.5 Å². The van der Waals surface area contributed by atoms with Crippen LogP contribution in [-0.2, 0) is 0 Å². The van der Waals surface area contributed by atoms with Crippen molar-refractivity contribution in [2.75, 3.05) is 4.90 Å². The largest absolute Gasteiger partial charge is 0.456 e. The Bertz CT molecular complexity index is 3150. The predicted molar refractivity (Wildman–Crippen MR) is 231 cm³/mol. The van der Waals surface area contributed by atoms with E-state index < -0.39 is 0 Å². The third-order valence-corrected chi connectivity index (χ3v) is 11.0. The first kappa shape index (κ1) is 31.2. The summed E-state index contributed by atoms with van der Waals surface area (Å²) in [6.45, 7) is 0. The standard InChI is InChI=1S/C52H34N2O/c1-2-14-41-37(12-1)13-11-22-48(41)53(47-19-7-3-15-42(47)38-28-33-52-46(34-38)45-18-6-10-23-51(45)55-52)39-29-24-35(25-30-39)36-26-31-40(32-27-36)54-49-20-8-4-16-43(49)44-17-5-9-21-50(44)54/h1-34H. The monoisotopic (exact) mass is 702 g/mol. The van der Waals surface area contributed by atoms with Crippen LogP contribution in [0.1, 0.15) is 0 Å². The molecule has 9 aromatic carbocycles. The topological polar surface area (TPSA) is 21.3 Å². The predicted octanol–water partition coefficient (Wildman–Crippen LogP) is 14.6. The summed E-state index contributed by atoms with van der Waals surface area (Å²) >= 11 is 0. The number of furan rings is 1. The van der Waals surface area contributed by atoms with Gasteiger partial charge >= 0.3 is 0 Å². The van der Waals surface area contributed by atoms with Crippen LogP contribution in [0.5, 0.6) is 0 Å². The maximum atomic E-state index is 6.20. The van der Waals surface area contributed by atoms with Crippen molar-refractivity contribution < 1.29 is 4.42 Å². The maximum Gasteiger partial charge on any atom is 0.135 e. The molecular weight excluding hydrogens is 669 g/mol. The van der Waals surface area contributed by atoms with Crippen molar-refractivity contribution in [3.8, 4) is 27.9 Å². The van der Waals surface area contributed by atoms with E-state index in [1.807, 2.05) is 12.1 Å². The molecule has 0 aliphatic carbocycles. The van der Waals surface area contributed by atoms with Crippen molar-refractivity contribution in [3.63, 3.8) is 0 Å². The number of benzene rings is 9. The van der Waals surface area contributed by atoms with Crippen LogP contribution in [0.4, 0.5) is 17.1 Å². The summed E-state index contributed by atoms with van der Waals surface area (Å²) in [5.41, 5.74) is 13.3. The van der Waals surface area contributed by atoms with Gasteiger partial charge in [-0.15, -0.1) is 0 Å². The van der Waals surface area contributed by atoms with E-state index in [0.29, 0.717) is 0 Å². The van der Waals surface area contributed by atoms with Crippen molar-refractivity contribution in [3.05, 3.63) is 206 Å². The highest BCUT2D eigenvalue weighted by molar-refractivity contribution is 6.10. The van der Waals surface area contributed by atoms with Crippen LogP contribution in [-0.4, -0.2) is 4.57 Å². The van der Waals surface area contributed by atoms with Crippen LogP contribution < -0.4 is 4.90 Å². The molecule has 0 atom stereocenters. The summed E-state index contributed by atoms with van der Waals surface area (Å²) in [6, 6.07) is 74.0. The summed E-state index contributed by atoms with van der Waals surface area (Å²) in [5.74, 6) is 0. The Morgan fingerprint density at radius 2 is 0.909 bits per heavy atom. The van der Waals surface area contributed by atoms with Crippen LogP contribution in [0.2, 0.25) is 0 Å². The number of fused-ring (bicyclic) bond motifs is 7. The maximum absolute atomic E-state index is 6.20. The number of para-hydroxylation sites is 4. The Kier molecular flexibility index (Phi) is 7.17. The SMILES string of the molecule is c1ccc(N(c2ccc(-c3ccc(-n4c5ccccc5c5ccccc54)cc3)cc2)c2cccc3ccccc23)c(-c2ccc3oc4ccccc4c3c2)c1. The third kappa shape index (κ3) is 5.13. The molecule has 11 rings (SSSR count). The summed E-state index contributed by atoms with van der Waals surface area (Å²) in [5, 5.41) is 7.18. The lowest BCUT2D eigenvalue weighted by atomic mass is 9.98. The fourth-order valence-corrected chi connectivity index (χ4v) is 8.42. The Morgan fingerprint density at radius 1 is 0.364 bits per heavy atom. The molecule has 0 amide bonds. The molecule has 0 unspecified atom stereocenters. The lowest BCUT2D eigenvalue weighted by molar-refractivity contribution is 0.669. The van der Waals surface area contributed by atoms with Gasteiger partial charge in [0.15, 0.2) is 0 Å². The molecule has 0 aliphatic rings. The van der Waals surface area contributed by atoms with E-state index in [1.54, 1.807) is 0 Å². The molecule has 0 bridgehead atoms. The van der Waals surface area contributed by atoms with Gasteiger partial charge in [-0.1, -0.05) is 140 Å². The highest BCUT2D eigenvalue weighted by Gasteiger charge is 2.20. The molecule has 0 fully saturated rings. The van der Waals surface area contributed by atoms with Gasteiger partial charge in [0.05, 0.1) is 22.4 Å². The molecule has 55 heavy (non-hydrogen) atoms. The van der Waals surface area contributed by atoms with Crippen LogP contribution in [0, 0.1) is 0 Å². The Labute approximate surface area is 318 Å². The average molecular weight is 703 g/mol. The van der Waals surface area contributed by atoms with E-state index in [2.05, 4.69) is 204 Å². The number of aromatic nitrogens is 1. The van der Waals surface area contributed by atoms with E-state index in [1.165, 1.54) is 43.7 Å². The molecule has 258 valence electrons. The Balaban J connectivity index is 1.02. The molecule has 0 saturated heterocycles. The minimum atomic E-state index is 0.895. The van der Waals surface area contributed by atoms with Crippen LogP contribution >= 0.6 is 0 Å². The molecule has 2 aromatic heterocycles. The van der Waals surface area contributed by atoms with E-state index in [9.17, 15) is 0 Å². The first-order chi connectivity index (χ1) is 27.3. The lowest BCUT2D eigenvalue weighted by Crippen LogP contribution is -2.11. The second-order valence-corrected chi connectivity index (χ2v) is 14.1. The van der Waals surface area contributed by atoms with Crippen molar-refractivity contribution in [1.82, 2.24) is 4.57 Å². The van der Waals surface area contributed by atoms with Gasteiger partial charge in [0.25, 0.3) is 0 Å². The average Bonchev–Trinajstić information content (AvgIpc) is 3.80. The summed E-state index contributed by atoms with van der Waals surface area (Å²) in [4.78, 5) is 2.41. The summed E-state index contributed by atoms with van der Waals surface area (Å²) < 4.78 is 8.57. The molecule has 3 nitrogen and oxygen atoms in total. The van der Waals surface area contributed by atoms with E-state index in [-0.39, 0.29) is 0 Å². The minimum Gasteiger partial charge on any atom is -0.456 e. The highest BCUT2D eigenvalue weighted by Crippen LogP contribution is 2.45. The smallest absolute Gasteiger partial charge is 0.135 e. The molecule has 0 aliphatic heterocycles. The van der Waals surface area contributed by atoms with Gasteiger partial charge in [0, 0.05) is 43.9 Å². The quantitative estimate of drug-likeness (QED) is 0.172. The fourth-order valence-electron chi connectivity index (χ4n) is 8.42. The van der Waals surface area contributed by atoms with E-state index >= 15 is 0 Å². The number of hydrogen-bond acceptors (Lipinski definition) is 2. The highest BCUT2D eigenvalue weighted by atomic mass is 16.3. The van der Waals surface area contributed by atoms with Gasteiger partial charge in [-0.25, -0.2) is 0 Å². The Morgan fingerprint density at radius 3 is 1.67 bits per heavy atom. The zero-order valence-electron chi connectivity index (χ0n) is 29.9. The third-order valence-electron chi connectivity index (χ3n) is 11.0. The summed E-state index contributed by atoms with van der Waals surface area (Å²) in [7, 11) is 0. The fraction of sp³-hybridized carbons (Fsp3) is 0. The second-order valence-electron chi connectivity index (χ2n) is 14.1. The number of rotatable bonds is 6. The number of anilines is 3. The van der Waals surface area contributed by atoms with Crippen LogP contribution in [0.15, 0.2) is 211 Å². The van der Waals surface area contributed by atoms with E-state index in [4.69, 9.17) is 4.42 Å². The number of nitrogens with zero attached hydrogens (tertiary/aromatic N) is 2.